The summed E-state index contributed by atoms with van der Waals surface area (Å²) in [6, 6.07) is 10.0. The van der Waals surface area contributed by atoms with Crippen LogP contribution >= 0.6 is 11.3 Å². The summed E-state index contributed by atoms with van der Waals surface area (Å²) >= 11 is 1.06. The molecule has 3 heterocycles. The molecule has 128 valence electrons. The maximum atomic E-state index is 12.6. The fourth-order valence-corrected chi connectivity index (χ4v) is 3.91. The smallest absolute Gasteiger partial charge is 0.344 e. The highest BCUT2D eigenvalue weighted by Crippen LogP contribution is 2.45. The second kappa shape index (κ2) is 5.72. The van der Waals surface area contributed by atoms with Crippen LogP contribution in [0, 0.1) is 21.4 Å². The number of nitro groups is 1. The van der Waals surface area contributed by atoms with E-state index in [4.69, 9.17) is 14.9 Å². The van der Waals surface area contributed by atoms with Crippen molar-refractivity contribution in [1.82, 2.24) is 0 Å². The summed E-state index contributed by atoms with van der Waals surface area (Å²) in [5.41, 5.74) is 5.54. The van der Waals surface area contributed by atoms with Crippen molar-refractivity contribution in [3.63, 3.8) is 0 Å². The minimum absolute atomic E-state index is 0.0110. The highest BCUT2D eigenvalue weighted by atomic mass is 32.1. The van der Waals surface area contributed by atoms with Gasteiger partial charge in [0.25, 0.3) is 5.69 Å². The zero-order valence-corrected chi connectivity index (χ0v) is 13.8. The molecular formula is C17H9N3O5S. The van der Waals surface area contributed by atoms with Crippen LogP contribution in [0.1, 0.15) is 16.4 Å². The van der Waals surface area contributed by atoms with E-state index in [0.29, 0.717) is 15.8 Å². The van der Waals surface area contributed by atoms with Gasteiger partial charge >= 0.3 is 5.63 Å². The van der Waals surface area contributed by atoms with Crippen molar-refractivity contribution >= 4 is 28.0 Å². The summed E-state index contributed by atoms with van der Waals surface area (Å²) in [6.07, 6.45) is 0. The number of fused-ring (bicyclic) bond motifs is 3. The Morgan fingerprint density at radius 3 is 2.81 bits per heavy atom. The average molecular weight is 367 g/mol. The fourth-order valence-electron chi connectivity index (χ4n) is 2.94. The number of rotatable bonds is 2. The average Bonchev–Trinajstić information content (AvgIpc) is 3.11. The van der Waals surface area contributed by atoms with E-state index >= 15 is 0 Å². The topological polar surface area (TPSA) is 132 Å². The van der Waals surface area contributed by atoms with Crippen LogP contribution in [-0.2, 0) is 0 Å². The van der Waals surface area contributed by atoms with Gasteiger partial charge in [-0.15, -0.1) is 11.3 Å². The number of para-hydroxylation sites is 1. The van der Waals surface area contributed by atoms with Crippen LogP contribution in [0.15, 0.2) is 56.4 Å². The van der Waals surface area contributed by atoms with E-state index in [0.717, 1.165) is 11.3 Å². The van der Waals surface area contributed by atoms with Crippen LogP contribution in [0.4, 0.5) is 5.69 Å². The van der Waals surface area contributed by atoms with E-state index in [1.54, 1.807) is 24.3 Å². The molecule has 0 amide bonds. The van der Waals surface area contributed by atoms with E-state index in [1.165, 1.54) is 11.4 Å². The van der Waals surface area contributed by atoms with Gasteiger partial charge in [-0.1, -0.05) is 12.1 Å². The molecule has 9 heteroatoms. The van der Waals surface area contributed by atoms with E-state index < -0.39 is 16.5 Å². The molecule has 26 heavy (non-hydrogen) atoms. The van der Waals surface area contributed by atoms with Gasteiger partial charge < -0.3 is 14.9 Å². The number of benzene rings is 1. The van der Waals surface area contributed by atoms with Crippen LogP contribution in [0.25, 0.3) is 11.0 Å². The van der Waals surface area contributed by atoms with Crippen molar-refractivity contribution in [2.75, 3.05) is 0 Å². The van der Waals surface area contributed by atoms with Gasteiger partial charge in [-0.3, -0.25) is 10.1 Å². The monoisotopic (exact) mass is 367 g/mol. The lowest BCUT2D eigenvalue weighted by atomic mass is 9.88. The molecule has 1 aliphatic rings. The Balaban J connectivity index is 2.05. The largest absolute Gasteiger partial charge is 0.439 e. The maximum Gasteiger partial charge on any atom is 0.344 e. The minimum atomic E-state index is -0.886. The molecule has 0 aliphatic carbocycles. The molecule has 0 spiro atoms. The predicted octanol–water partition coefficient (Wildman–Crippen LogP) is 2.98. The first-order chi connectivity index (χ1) is 12.5. The van der Waals surface area contributed by atoms with E-state index in [1.807, 2.05) is 6.07 Å². The molecule has 2 aromatic heterocycles. The molecule has 0 bridgehead atoms. The molecule has 4 rings (SSSR count). The summed E-state index contributed by atoms with van der Waals surface area (Å²) in [5, 5.41) is 22.4. The molecule has 3 aromatic rings. The molecule has 1 aliphatic heterocycles. The van der Waals surface area contributed by atoms with Gasteiger partial charge in [-0.25, -0.2) is 4.79 Å². The Morgan fingerprint density at radius 2 is 2.12 bits per heavy atom. The highest BCUT2D eigenvalue weighted by molar-refractivity contribution is 7.10. The number of hydrogen-bond donors (Lipinski definition) is 1. The Bertz CT molecular complexity index is 1200. The van der Waals surface area contributed by atoms with Crippen LogP contribution in [-0.4, -0.2) is 4.92 Å². The molecule has 1 aromatic carbocycles. The first-order valence-corrected chi connectivity index (χ1v) is 8.25. The second-order valence-corrected chi connectivity index (χ2v) is 6.46. The first kappa shape index (κ1) is 15.9. The fraction of sp³-hybridized carbons (Fsp3) is 0.0588. The summed E-state index contributed by atoms with van der Waals surface area (Å²) in [7, 11) is 0. The normalized spacial score (nSPS) is 16.0. The van der Waals surface area contributed by atoms with Gasteiger partial charge in [-0.2, -0.15) is 5.26 Å². The van der Waals surface area contributed by atoms with Gasteiger partial charge in [0.2, 0.25) is 5.88 Å². The lowest BCUT2D eigenvalue weighted by Crippen LogP contribution is -2.25. The quantitative estimate of drug-likeness (QED) is 0.418. The predicted molar refractivity (Wildman–Crippen MR) is 92.8 cm³/mol. The molecular weight excluding hydrogens is 358 g/mol. The third kappa shape index (κ3) is 2.24. The summed E-state index contributed by atoms with van der Waals surface area (Å²) in [4.78, 5) is 23.5. The SMILES string of the molecule is N#CC1=C(N)Oc2c(c(=O)oc3ccccc23)C1c1cc([N+](=O)[O-])cs1. The summed E-state index contributed by atoms with van der Waals surface area (Å²) in [6.45, 7) is 0. The summed E-state index contributed by atoms with van der Waals surface area (Å²) in [5.74, 6) is -0.825. The lowest BCUT2D eigenvalue weighted by molar-refractivity contribution is -0.384. The molecule has 0 saturated heterocycles. The number of ether oxygens (including phenoxy) is 1. The van der Waals surface area contributed by atoms with Crippen molar-refractivity contribution in [1.29, 1.82) is 5.26 Å². The second-order valence-electron chi connectivity index (χ2n) is 5.52. The Labute approximate surface area is 149 Å². The molecule has 0 saturated carbocycles. The Hall–Kier alpha value is -3.64. The van der Waals surface area contributed by atoms with Crippen molar-refractivity contribution in [2.45, 2.75) is 5.92 Å². The third-order valence-electron chi connectivity index (χ3n) is 4.08. The molecule has 8 nitrogen and oxygen atoms in total. The van der Waals surface area contributed by atoms with Crippen LogP contribution < -0.4 is 16.1 Å². The van der Waals surface area contributed by atoms with Crippen LogP contribution in [0.3, 0.4) is 0 Å². The maximum absolute atomic E-state index is 12.6. The lowest BCUT2D eigenvalue weighted by Gasteiger charge is -2.24. The summed E-state index contributed by atoms with van der Waals surface area (Å²) < 4.78 is 10.9. The molecule has 1 atom stereocenters. The van der Waals surface area contributed by atoms with Gasteiger partial charge in [-0.05, 0) is 12.1 Å². The van der Waals surface area contributed by atoms with E-state index in [-0.39, 0.29) is 28.5 Å². The van der Waals surface area contributed by atoms with Gasteiger partial charge in [0.05, 0.1) is 27.2 Å². The highest BCUT2D eigenvalue weighted by Gasteiger charge is 2.37. The van der Waals surface area contributed by atoms with Gasteiger partial charge in [0.1, 0.15) is 17.2 Å². The Kier molecular flexibility index (Phi) is 3.49. The van der Waals surface area contributed by atoms with Crippen molar-refractivity contribution in [3.8, 4) is 11.8 Å². The van der Waals surface area contributed by atoms with E-state index in [2.05, 4.69) is 0 Å². The number of thiophene rings is 1. The minimum Gasteiger partial charge on any atom is -0.439 e. The van der Waals surface area contributed by atoms with Crippen molar-refractivity contribution in [2.24, 2.45) is 5.73 Å². The molecule has 0 fully saturated rings. The Morgan fingerprint density at radius 1 is 1.35 bits per heavy atom. The molecule has 1 unspecified atom stereocenters. The molecule has 0 radical (unpaired) electrons. The third-order valence-corrected chi connectivity index (χ3v) is 5.06. The zero-order chi connectivity index (χ0) is 18.4. The number of nitrogens with zero attached hydrogens (tertiary/aromatic N) is 2. The number of allylic oxidation sites excluding steroid dienone is 1. The number of nitrogens with two attached hydrogens (primary N) is 1. The van der Waals surface area contributed by atoms with Crippen molar-refractivity contribution in [3.05, 3.63) is 78.1 Å². The number of hydrogen-bond acceptors (Lipinski definition) is 8. The first-order valence-electron chi connectivity index (χ1n) is 7.37. The zero-order valence-electron chi connectivity index (χ0n) is 13.0. The van der Waals surface area contributed by atoms with Gasteiger partial charge in [0.15, 0.2) is 5.75 Å². The van der Waals surface area contributed by atoms with Crippen LogP contribution in [0.5, 0.6) is 5.75 Å². The van der Waals surface area contributed by atoms with Crippen molar-refractivity contribution < 1.29 is 14.1 Å². The van der Waals surface area contributed by atoms with Crippen LogP contribution in [0.2, 0.25) is 0 Å². The standard InChI is InChI=1S/C17H9N3O5S/c18-6-10-13(12-5-8(7-26-12)20(22)23)14-15(25-16(10)19)9-3-1-2-4-11(9)24-17(14)21/h1-5,7,13H,19H2. The molecule has 2 N–H and O–H groups in total. The number of nitriles is 1. The van der Waals surface area contributed by atoms with E-state index in [9.17, 15) is 20.2 Å². The van der Waals surface area contributed by atoms with Gasteiger partial charge in [0, 0.05) is 10.9 Å².